The van der Waals surface area contributed by atoms with E-state index in [0.29, 0.717) is 5.56 Å². The number of para-hydroxylation sites is 1. The van der Waals surface area contributed by atoms with Crippen molar-refractivity contribution in [3.05, 3.63) is 70.6 Å². The molecule has 0 aliphatic carbocycles. The summed E-state index contributed by atoms with van der Waals surface area (Å²) in [5, 5.41) is 0. The van der Waals surface area contributed by atoms with Crippen LogP contribution in [0, 0.1) is 6.92 Å². The minimum absolute atomic E-state index is 0.00106. The Bertz CT molecular complexity index is 1020. The number of nitrogens with zero attached hydrogens (tertiary/aromatic N) is 2. The average molecular weight is 292 g/mol. The summed E-state index contributed by atoms with van der Waals surface area (Å²) in [5.74, 6) is 0. The summed E-state index contributed by atoms with van der Waals surface area (Å²) >= 11 is 1.55. The lowest BCUT2D eigenvalue weighted by Crippen LogP contribution is -2.17. The second kappa shape index (κ2) is 4.53. The van der Waals surface area contributed by atoms with Crippen molar-refractivity contribution in [3.63, 3.8) is 0 Å². The topological polar surface area (TPSA) is 34.4 Å². The van der Waals surface area contributed by atoms with Gasteiger partial charge in [0.25, 0.3) is 5.56 Å². The number of aromatic nitrogens is 2. The number of hydrogen-bond acceptors (Lipinski definition) is 3. The number of fused-ring (bicyclic) bond motifs is 3. The molecule has 0 bridgehead atoms. The summed E-state index contributed by atoms with van der Waals surface area (Å²) in [7, 11) is 0. The molecule has 0 N–H and O–H groups in total. The van der Waals surface area contributed by atoms with Crippen molar-refractivity contribution in [3.8, 4) is 11.1 Å². The summed E-state index contributed by atoms with van der Waals surface area (Å²) < 4.78 is 2.79. The highest BCUT2D eigenvalue weighted by Gasteiger charge is 2.15. The van der Waals surface area contributed by atoms with Gasteiger partial charge in [-0.3, -0.25) is 9.20 Å². The van der Waals surface area contributed by atoms with E-state index in [0.717, 1.165) is 26.4 Å². The molecule has 0 unspecified atom stereocenters. The Kier molecular flexibility index (Phi) is 2.65. The molecule has 4 rings (SSSR count). The van der Waals surface area contributed by atoms with Gasteiger partial charge in [-0.2, -0.15) is 0 Å². The highest BCUT2D eigenvalue weighted by molar-refractivity contribution is 7.23. The zero-order valence-electron chi connectivity index (χ0n) is 11.4. The van der Waals surface area contributed by atoms with E-state index in [1.165, 1.54) is 0 Å². The SMILES string of the molecule is Cc1nc2sc3ccccc3n2c(=O)c1-c1ccccc1. The monoisotopic (exact) mass is 292 g/mol. The molecule has 2 heterocycles. The van der Waals surface area contributed by atoms with E-state index in [1.54, 1.807) is 15.7 Å². The Morgan fingerprint density at radius 3 is 2.52 bits per heavy atom. The van der Waals surface area contributed by atoms with Crippen LogP contribution in [0.3, 0.4) is 0 Å². The van der Waals surface area contributed by atoms with E-state index in [4.69, 9.17) is 0 Å². The Morgan fingerprint density at radius 1 is 1.00 bits per heavy atom. The third-order valence-corrected chi connectivity index (χ3v) is 4.62. The maximum absolute atomic E-state index is 13.0. The molecule has 0 saturated carbocycles. The molecule has 4 aromatic rings. The van der Waals surface area contributed by atoms with E-state index in [-0.39, 0.29) is 5.56 Å². The maximum atomic E-state index is 13.0. The molecule has 0 aliphatic rings. The standard InChI is InChI=1S/C17H12N2OS/c1-11-15(12-7-3-2-4-8-12)16(20)19-13-9-5-6-10-14(13)21-17(19)18-11/h2-10H,1H3. The van der Waals surface area contributed by atoms with Crippen LogP contribution in [0.2, 0.25) is 0 Å². The molecule has 102 valence electrons. The van der Waals surface area contributed by atoms with Gasteiger partial charge in [-0.25, -0.2) is 4.98 Å². The fourth-order valence-electron chi connectivity index (χ4n) is 2.65. The second-order valence-corrected chi connectivity index (χ2v) is 5.94. The van der Waals surface area contributed by atoms with Crippen LogP contribution in [0.25, 0.3) is 26.3 Å². The van der Waals surface area contributed by atoms with Crippen molar-refractivity contribution >= 4 is 26.5 Å². The normalized spacial score (nSPS) is 11.3. The molecule has 0 fully saturated rings. The fraction of sp³-hybridized carbons (Fsp3) is 0.0588. The van der Waals surface area contributed by atoms with Gasteiger partial charge in [0.1, 0.15) is 0 Å². The number of thiazole rings is 1. The minimum Gasteiger partial charge on any atom is -0.268 e. The van der Waals surface area contributed by atoms with E-state index in [1.807, 2.05) is 61.5 Å². The molecule has 21 heavy (non-hydrogen) atoms. The molecular weight excluding hydrogens is 280 g/mol. The predicted molar refractivity (Wildman–Crippen MR) is 87.0 cm³/mol. The van der Waals surface area contributed by atoms with Crippen molar-refractivity contribution in [2.45, 2.75) is 6.92 Å². The first kappa shape index (κ1) is 12.3. The first-order valence-electron chi connectivity index (χ1n) is 6.72. The molecule has 2 aromatic carbocycles. The van der Waals surface area contributed by atoms with Crippen molar-refractivity contribution < 1.29 is 0 Å². The van der Waals surface area contributed by atoms with Gasteiger partial charge in [0, 0.05) is 0 Å². The van der Waals surface area contributed by atoms with Crippen LogP contribution in [0.5, 0.6) is 0 Å². The molecule has 0 atom stereocenters. The van der Waals surface area contributed by atoms with Crippen LogP contribution in [0.15, 0.2) is 59.4 Å². The zero-order chi connectivity index (χ0) is 14.4. The van der Waals surface area contributed by atoms with Crippen LogP contribution in [0.4, 0.5) is 0 Å². The summed E-state index contributed by atoms with van der Waals surface area (Å²) in [6.07, 6.45) is 0. The van der Waals surface area contributed by atoms with Crippen molar-refractivity contribution in [1.29, 1.82) is 0 Å². The van der Waals surface area contributed by atoms with Gasteiger partial charge in [0.15, 0.2) is 4.96 Å². The van der Waals surface area contributed by atoms with Crippen molar-refractivity contribution in [2.75, 3.05) is 0 Å². The smallest absolute Gasteiger partial charge is 0.267 e. The van der Waals surface area contributed by atoms with E-state index < -0.39 is 0 Å². The lowest BCUT2D eigenvalue weighted by molar-refractivity contribution is 1.08. The highest BCUT2D eigenvalue weighted by atomic mass is 32.1. The quantitative estimate of drug-likeness (QED) is 0.533. The minimum atomic E-state index is 0.00106. The Hall–Kier alpha value is -2.46. The molecule has 2 aromatic heterocycles. The largest absolute Gasteiger partial charge is 0.268 e. The Labute approximate surface area is 125 Å². The van der Waals surface area contributed by atoms with Gasteiger partial charge >= 0.3 is 0 Å². The first-order valence-corrected chi connectivity index (χ1v) is 7.53. The zero-order valence-corrected chi connectivity index (χ0v) is 12.2. The van der Waals surface area contributed by atoms with E-state index in [9.17, 15) is 4.79 Å². The molecule has 4 heteroatoms. The average Bonchev–Trinajstić information content (AvgIpc) is 2.86. The third-order valence-electron chi connectivity index (χ3n) is 3.60. The molecule has 0 radical (unpaired) electrons. The summed E-state index contributed by atoms with van der Waals surface area (Å²) in [5.41, 5.74) is 3.29. The summed E-state index contributed by atoms with van der Waals surface area (Å²) in [4.78, 5) is 18.3. The number of aryl methyl sites for hydroxylation is 1. The van der Waals surface area contributed by atoms with Crippen LogP contribution in [0.1, 0.15) is 5.69 Å². The Morgan fingerprint density at radius 2 is 1.71 bits per heavy atom. The van der Waals surface area contributed by atoms with Gasteiger partial charge in [-0.1, -0.05) is 53.8 Å². The van der Waals surface area contributed by atoms with Gasteiger partial charge in [-0.05, 0) is 24.6 Å². The number of benzene rings is 2. The molecule has 0 spiro atoms. The maximum Gasteiger partial charge on any atom is 0.267 e. The summed E-state index contributed by atoms with van der Waals surface area (Å²) in [6, 6.07) is 17.6. The van der Waals surface area contributed by atoms with Gasteiger partial charge in [0.05, 0.1) is 21.5 Å². The lowest BCUT2D eigenvalue weighted by Gasteiger charge is -2.05. The van der Waals surface area contributed by atoms with Crippen LogP contribution >= 0.6 is 11.3 Å². The van der Waals surface area contributed by atoms with Crippen LogP contribution in [-0.2, 0) is 0 Å². The first-order chi connectivity index (χ1) is 10.3. The summed E-state index contributed by atoms with van der Waals surface area (Å²) in [6.45, 7) is 1.90. The Balaban J connectivity index is 2.19. The van der Waals surface area contributed by atoms with Gasteiger partial charge < -0.3 is 0 Å². The lowest BCUT2D eigenvalue weighted by atomic mass is 10.1. The molecule has 3 nitrogen and oxygen atoms in total. The van der Waals surface area contributed by atoms with Crippen molar-refractivity contribution in [1.82, 2.24) is 9.38 Å². The molecule has 0 saturated heterocycles. The van der Waals surface area contributed by atoms with E-state index >= 15 is 0 Å². The third kappa shape index (κ3) is 1.80. The van der Waals surface area contributed by atoms with Gasteiger partial charge in [-0.15, -0.1) is 0 Å². The second-order valence-electron chi connectivity index (χ2n) is 4.93. The fourth-order valence-corrected chi connectivity index (χ4v) is 3.71. The van der Waals surface area contributed by atoms with Gasteiger partial charge in [0.2, 0.25) is 0 Å². The van der Waals surface area contributed by atoms with Crippen LogP contribution < -0.4 is 5.56 Å². The molecular formula is C17H12N2OS. The highest BCUT2D eigenvalue weighted by Crippen LogP contribution is 2.26. The molecule has 0 aliphatic heterocycles. The van der Waals surface area contributed by atoms with E-state index in [2.05, 4.69) is 4.98 Å². The van der Waals surface area contributed by atoms with Crippen molar-refractivity contribution in [2.24, 2.45) is 0 Å². The van der Waals surface area contributed by atoms with Crippen LogP contribution in [-0.4, -0.2) is 9.38 Å². The molecule has 0 amide bonds. The predicted octanol–water partition coefficient (Wildman–Crippen LogP) is 3.88. The number of hydrogen-bond donors (Lipinski definition) is 0. The number of rotatable bonds is 1.